The van der Waals surface area contributed by atoms with Crippen LogP contribution in [0, 0.1) is 0 Å². The molecule has 4 nitrogen and oxygen atoms in total. The van der Waals surface area contributed by atoms with Crippen molar-refractivity contribution in [1.29, 1.82) is 0 Å². The zero-order valence-corrected chi connectivity index (χ0v) is 8.64. The number of carboxylic acids is 1. The summed E-state index contributed by atoms with van der Waals surface area (Å²) in [6.07, 6.45) is 0.754. The van der Waals surface area contributed by atoms with E-state index in [0.29, 0.717) is 5.75 Å². The molecule has 0 aliphatic rings. The molecule has 1 unspecified atom stereocenters. The second kappa shape index (κ2) is 5.36. The Hall–Kier alpha value is -1.55. The van der Waals surface area contributed by atoms with Gasteiger partial charge in [0.05, 0.1) is 0 Å². The van der Waals surface area contributed by atoms with E-state index in [1.165, 1.54) is 0 Å². The van der Waals surface area contributed by atoms with Gasteiger partial charge in [0.15, 0.2) is 6.61 Å². The predicted molar refractivity (Wildman–Crippen MR) is 56.9 cm³/mol. The number of aliphatic carboxylic acids is 1. The van der Waals surface area contributed by atoms with E-state index in [9.17, 15) is 4.79 Å². The minimum absolute atomic E-state index is 0.0831. The number of carboxylic acid groups (broad SMARTS) is 1. The molecule has 0 saturated heterocycles. The lowest BCUT2D eigenvalue weighted by Gasteiger charge is -2.07. The Balaban J connectivity index is 2.61. The van der Waals surface area contributed by atoms with Crippen LogP contribution < -0.4 is 10.5 Å². The molecule has 0 amide bonds. The quantitative estimate of drug-likeness (QED) is 0.760. The number of hydrogen-bond acceptors (Lipinski definition) is 3. The summed E-state index contributed by atoms with van der Waals surface area (Å²) in [6, 6.07) is 7.39. The number of hydrogen-bond donors (Lipinski definition) is 2. The van der Waals surface area contributed by atoms with Gasteiger partial charge < -0.3 is 15.6 Å². The zero-order valence-electron chi connectivity index (χ0n) is 8.64. The van der Waals surface area contributed by atoms with Crippen LogP contribution in [0.25, 0.3) is 0 Å². The number of ether oxygens (including phenoxy) is 1. The van der Waals surface area contributed by atoms with Crippen molar-refractivity contribution in [2.45, 2.75) is 19.4 Å². The number of rotatable bonds is 5. The maximum Gasteiger partial charge on any atom is 0.341 e. The Morgan fingerprint density at radius 3 is 2.93 bits per heavy atom. The molecule has 1 rings (SSSR count). The summed E-state index contributed by atoms with van der Waals surface area (Å²) < 4.78 is 5.05. The molecule has 1 aromatic rings. The van der Waals surface area contributed by atoms with Crippen molar-refractivity contribution < 1.29 is 14.6 Å². The van der Waals surface area contributed by atoms with Crippen molar-refractivity contribution in [1.82, 2.24) is 0 Å². The van der Waals surface area contributed by atoms with Crippen LogP contribution in [-0.2, 0) is 11.2 Å². The van der Waals surface area contributed by atoms with E-state index >= 15 is 0 Å². The van der Waals surface area contributed by atoms with Gasteiger partial charge in [-0.15, -0.1) is 0 Å². The summed E-state index contributed by atoms with van der Waals surface area (Å²) in [5, 5.41) is 8.44. The van der Waals surface area contributed by atoms with E-state index < -0.39 is 5.97 Å². The highest BCUT2D eigenvalue weighted by atomic mass is 16.5. The van der Waals surface area contributed by atoms with Crippen molar-refractivity contribution >= 4 is 5.97 Å². The minimum atomic E-state index is -0.979. The second-order valence-electron chi connectivity index (χ2n) is 3.51. The third-order valence-corrected chi connectivity index (χ3v) is 1.82. The molecule has 0 aliphatic heterocycles. The number of carbonyl (C=O) groups is 1. The van der Waals surface area contributed by atoms with Crippen LogP contribution in [0.3, 0.4) is 0 Å². The van der Waals surface area contributed by atoms with Crippen LogP contribution in [-0.4, -0.2) is 23.7 Å². The Kier molecular flexibility index (Phi) is 4.12. The molecule has 0 radical (unpaired) electrons. The average Bonchev–Trinajstić information content (AvgIpc) is 2.14. The summed E-state index contributed by atoms with van der Waals surface area (Å²) in [5.41, 5.74) is 6.71. The van der Waals surface area contributed by atoms with E-state index in [1.54, 1.807) is 6.07 Å². The van der Waals surface area contributed by atoms with Gasteiger partial charge in [0, 0.05) is 6.04 Å². The third kappa shape index (κ3) is 4.46. The van der Waals surface area contributed by atoms with E-state index in [2.05, 4.69) is 0 Å². The Bertz CT molecular complexity index is 336. The highest BCUT2D eigenvalue weighted by molar-refractivity contribution is 5.68. The molecule has 0 saturated carbocycles. The topological polar surface area (TPSA) is 72.5 Å². The predicted octanol–water partition coefficient (Wildman–Crippen LogP) is 1.04. The van der Waals surface area contributed by atoms with Gasteiger partial charge in [-0.2, -0.15) is 0 Å². The molecule has 82 valence electrons. The molecule has 0 bridgehead atoms. The molecular formula is C11H15NO3. The summed E-state index contributed by atoms with van der Waals surface area (Å²) in [7, 11) is 0. The van der Waals surface area contributed by atoms with Gasteiger partial charge in [0.25, 0.3) is 0 Å². The first-order chi connectivity index (χ1) is 7.08. The van der Waals surface area contributed by atoms with Crippen molar-refractivity contribution in [3.05, 3.63) is 29.8 Å². The summed E-state index contributed by atoms with van der Waals surface area (Å²) in [5.74, 6) is -0.414. The van der Waals surface area contributed by atoms with Crippen molar-refractivity contribution in [3.63, 3.8) is 0 Å². The van der Waals surface area contributed by atoms with Crippen LogP contribution >= 0.6 is 0 Å². The van der Waals surface area contributed by atoms with Crippen LogP contribution in [0.5, 0.6) is 5.75 Å². The molecule has 3 N–H and O–H groups in total. The summed E-state index contributed by atoms with van der Waals surface area (Å²) in [4.78, 5) is 10.3. The zero-order chi connectivity index (χ0) is 11.3. The van der Waals surface area contributed by atoms with E-state index in [4.69, 9.17) is 15.6 Å². The number of nitrogens with two attached hydrogens (primary N) is 1. The van der Waals surface area contributed by atoms with Crippen LogP contribution in [0.4, 0.5) is 0 Å². The average molecular weight is 209 g/mol. The van der Waals surface area contributed by atoms with Crippen LogP contribution in [0.1, 0.15) is 12.5 Å². The Labute approximate surface area is 88.7 Å². The largest absolute Gasteiger partial charge is 0.482 e. The molecule has 0 aliphatic carbocycles. The third-order valence-electron chi connectivity index (χ3n) is 1.82. The Morgan fingerprint density at radius 1 is 1.60 bits per heavy atom. The van der Waals surface area contributed by atoms with Gasteiger partial charge in [-0.05, 0) is 31.0 Å². The monoisotopic (exact) mass is 209 g/mol. The highest BCUT2D eigenvalue weighted by Crippen LogP contribution is 2.14. The lowest BCUT2D eigenvalue weighted by atomic mass is 10.1. The molecule has 15 heavy (non-hydrogen) atoms. The molecule has 0 spiro atoms. The SMILES string of the molecule is CC(N)Cc1cccc(OCC(=O)O)c1. The second-order valence-corrected chi connectivity index (χ2v) is 3.51. The lowest BCUT2D eigenvalue weighted by Crippen LogP contribution is -2.17. The van der Waals surface area contributed by atoms with E-state index in [-0.39, 0.29) is 12.6 Å². The first-order valence-corrected chi connectivity index (χ1v) is 4.77. The summed E-state index contributed by atoms with van der Waals surface area (Å²) in [6.45, 7) is 1.60. The normalized spacial score (nSPS) is 12.1. The molecule has 1 atom stereocenters. The first kappa shape index (κ1) is 11.5. The maximum absolute atomic E-state index is 10.3. The molecule has 0 fully saturated rings. The van der Waals surface area contributed by atoms with E-state index in [0.717, 1.165) is 12.0 Å². The lowest BCUT2D eigenvalue weighted by molar-refractivity contribution is -0.139. The van der Waals surface area contributed by atoms with Crippen LogP contribution in [0.15, 0.2) is 24.3 Å². The van der Waals surface area contributed by atoms with Gasteiger partial charge in [0.2, 0.25) is 0 Å². The molecular weight excluding hydrogens is 194 g/mol. The highest BCUT2D eigenvalue weighted by Gasteiger charge is 2.02. The minimum Gasteiger partial charge on any atom is -0.482 e. The van der Waals surface area contributed by atoms with Gasteiger partial charge in [0.1, 0.15) is 5.75 Å². The fourth-order valence-electron chi connectivity index (χ4n) is 1.28. The van der Waals surface area contributed by atoms with Gasteiger partial charge in [-0.1, -0.05) is 12.1 Å². The van der Waals surface area contributed by atoms with Gasteiger partial charge >= 0.3 is 5.97 Å². The van der Waals surface area contributed by atoms with Crippen molar-refractivity contribution in [3.8, 4) is 5.75 Å². The smallest absolute Gasteiger partial charge is 0.341 e. The Morgan fingerprint density at radius 2 is 2.33 bits per heavy atom. The first-order valence-electron chi connectivity index (χ1n) is 4.77. The van der Waals surface area contributed by atoms with E-state index in [1.807, 2.05) is 25.1 Å². The summed E-state index contributed by atoms with van der Waals surface area (Å²) >= 11 is 0. The molecule has 0 heterocycles. The fraction of sp³-hybridized carbons (Fsp3) is 0.364. The van der Waals surface area contributed by atoms with Crippen LogP contribution in [0.2, 0.25) is 0 Å². The molecule has 0 aromatic heterocycles. The standard InChI is InChI=1S/C11H15NO3/c1-8(12)5-9-3-2-4-10(6-9)15-7-11(13)14/h2-4,6,8H,5,7,12H2,1H3,(H,13,14). The molecule has 1 aromatic carbocycles. The van der Waals surface area contributed by atoms with Crippen molar-refractivity contribution in [2.75, 3.05) is 6.61 Å². The maximum atomic E-state index is 10.3. The van der Waals surface area contributed by atoms with Crippen molar-refractivity contribution in [2.24, 2.45) is 5.73 Å². The fourth-order valence-corrected chi connectivity index (χ4v) is 1.28. The molecule has 4 heteroatoms. The van der Waals surface area contributed by atoms with Gasteiger partial charge in [-0.3, -0.25) is 0 Å². The number of benzene rings is 1. The van der Waals surface area contributed by atoms with Gasteiger partial charge in [-0.25, -0.2) is 4.79 Å².